The first kappa shape index (κ1) is 14.1. The molecule has 1 N–H and O–H groups in total. The molecule has 1 rings (SSSR count). The Morgan fingerprint density at radius 1 is 1.53 bits per heavy atom. The lowest BCUT2D eigenvalue weighted by Gasteiger charge is -2.06. The lowest BCUT2D eigenvalue weighted by Crippen LogP contribution is -2.25. The molecule has 1 amide bonds. The lowest BCUT2D eigenvalue weighted by molar-refractivity contribution is 0.0900. The zero-order valence-corrected chi connectivity index (χ0v) is 10.9. The summed E-state index contributed by atoms with van der Waals surface area (Å²) >= 11 is 5.57. The molecule has 4 nitrogen and oxygen atoms in total. The van der Waals surface area contributed by atoms with Crippen LogP contribution in [0, 0.1) is 5.92 Å². The SMILES string of the molecule is CC(C)COCCCNC(=O)c1ccc(Cl)o1. The van der Waals surface area contributed by atoms with Gasteiger partial charge in [-0.25, -0.2) is 0 Å². The molecule has 0 aromatic carbocycles. The van der Waals surface area contributed by atoms with Gasteiger partial charge in [-0.2, -0.15) is 0 Å². The molecule has 5 heteroatoms. The van der Waals surface area contributed by atoms with Crippen LogP contribution in [0.4, 0.5) is 0 Å². The van der Waals surface area contributed by atoms with Gasteiger partial charge < -0.3 is 14.5 Å². The van der Waals surface area contributed by atoms with Crippen molar-refractivity contribution >= 4 is 17.5 Å². The maximum atomic E-state index is 11.5. The van der Waals surface area contributed by atoms with E-state index >= 15 is 0 Å². The summed E-state index contributed by atoms with van der Waals surface area (Å²) in [6.45, 7) is 6.17. The Morgan fingerprint density at radius 2 is 2.29 bits per heavy atom. The van der Waals surface area contributed by atoms with E-state index < -0.39 is 0 Å². The van der Waals surface area contributed by atoms with E-state index in [-0.39, 0.29) is 16.9 Å². The minimum absolute atomic E-state index is 0.218. The molecule has 1 heterocycles. The van der Waals surface area contributed by atoms with Gasteiger partial charge in [-0.05, 0) is 36.1 Å². The lowest BCUT2D eigenvalue weighted by atomic mass is 10.2. The Balaban J connectivity index is 2.09. The summed E-state index contributed by atoms with van der Waals surface area (Å²) in [7, 11) is 0. The highest BCUT2D eigenvalue weighted by Crippen LogP contribution is 2.12. The van der Waals surface area contributed by atoms with Gasteiger partial charge >= 0.3 is 0 Å². The van der Waals surface area contributed by atoms with Crippen LogP contribution in [0.15, 0.2) is 16.5 Å². The number of rotatable bonds is 7. The van der Waals surface area contributed by atoms with Crippen LogP contribution < -0.4 is 5.32 Å². The fraction of sp³-hybridized carbons (Fsp3) is 0.583. The molecule has 0 fully saturated rings. The summed E-state index contributed by atoms with van der Waals surface area (Å²) in [5, 5.41) is 2.95. The molecule has 0 unspecified atom stereocenters. The van der Waals surface area contributed by atoms with Crippen LogP contribution in [0.25, 0.3) is 0 Å². The Morgan fingerprint density at radius 3 is 2.88 bits per heavy atom. The summed E-state index contributed by atoms with van der Waals surface area (Å²) in [5.41, 5.74) is 0. The number of hydrogen-bond acceptors (Lipinski definition) is 3. The average Bonchev–Trinajstić information content (AvgIpc) is 2.69. The summed E-state index contributed by atoms with van der Waals surface area (Å²) in [4.78, 5) is 11.5. The van der Waals surface area contributed by atoms with Crippen molar-refractivity contribution in [3.63, 3.8) is 0 Å². The van der Waals surface area contributed by atoms with Crippen molar-refractivity contribution in [2.75, 3.05) is 19.8 Å². The number of hydrogen-bond donors (Lipinski definition) is 1. The van der Waals surface area contributed by atoms with Crippen molar-refractivity contribution < 1.29 is 13.9 Å². The second-order valence-corrected chi connectivity index (χ2v) is 4.55. The van der Waals surface area contributed by atoms with Gasteiger partial charge in [-0.3, -0.25) is 4.79 Å². The number of halogens is 1. The Hall–Kier alpha value is -1.00. The predicted octanol–water partition coefficient (Wildman–Crippen LogP) is 2.73. The summed E-state index contributed by atoms with van der Waals surface area (Å²) in [5.74, 6) is 0.522. The van der Waals surface area contributed by atoms with Gasteiger partial charge in [0.15, 0.2) is 11.0 Å². The summed E-state index contributed by atoms with van der Waals surface area (Å²) in [6.07, 6.45) is 0.785. The largest absolute Gasteiger partial charge is 0.440 e. The van der Waals surface area contributed by atoms with E-state index in [1.165, 1.54) is 0 Å². The van der Waals surface area contributed by atoms with Crippen molar-refractivity contribution in [1.82, 2.24) is 5.32 Å². The van der Waals surface area contributed by atoms with E-state index in [0.29, 0.717) is 19.1 Å². The maximum Gasteiger partial charge on any atom is 0.287 e. The molecule has 0 aliphatic rings. The van der Waals surface area contributed by atoms with Crippen LogP contribution in [0.2, 0.25) is 5.22 Å². The minimum Gasteiger partial charge on any atom is -0.440 e. The van der Waals surface area contributed by atoms with Crippen molar-refractivity contribution in [3.8, 4) is 0 Å². The highest BCUT2D eigenvalue weighted by Gasteiger charge is 2.09. The number of carbonyl (C=O) groups excluding carboxylic acids is 1. The van der Waals surface area contributed by atoms with Crippen LogP contribution in [-0.2, 0) is 4.74 Å². The number of nitrogens with one attached hydrogen (secondary N) is 1. The molecule has 0 aliphatic heterocycles. The van der Waals surface area contributed by atoms with Gasteiger partial charge in [-0.15, -0.1) is 0 Å². The van der Waals surface area contributed by atoms with Gasteiger partial charge in [-0.1, -0.05) is 13.8 Å². The Labute approximate surface area is 106 Å². The molecule has 0 radical (unpaired) electrons. The maximum absolute atomic E-state index is 11.5. The minimum atomic E-state index is -0.249. The van der Waals surface area contributed by atoms with Gasteiger partial charge in [0.25, 0.3) is 5.91 Å². The van der Waals surface area contributed by atoms with Gasteiger partial charge in [0, 0.05) is 19.8 Å². The van der Waals surface area contributed by atoms with Gasteiger partial charge in [0.1, 0.15) is 0 Å². The Kier molecular flexibility index (Phi) is 6.08. The number of carbonyl (C=O) groups is 1. The van der Waals surface area contributed by atoms with E-state index in [0.717, 1.165) is 13.0 Å². The van der Waals surface area contributed by atoms with Crippen molar-refractivity contribution in [2.24, 2.45) is 5.92 Å². The normalized spacial score (nSPS) is 10.8. The molecule has 17 heavy (non-hydrogen) atoms. The second-order valence-electron chi connectivity index (χ2n) is 4.18. The molecule has 0 atom stereocenters. The quantitative estimate of drug-likeness (QED) is 0.766. The molecule has 0 saturated carbocycles. The third-order valence-corrected chi connectivity index (χ3v) is 2.20. The monoisotopic (exact) mass is 259 g/mol. The molecular formula is C12H18ClNO3. The van der Waals surface area contributed by atoms with Crippen molar-refractivity contribution in [1.29, 1.82) is 0 Å². The van der Waals surface area contributed by atoms with Crippen LogP contribution >= 0.6 is 11.6 Å². The number of amides is 1. The average molecular weight is 260 g/mol. The van der Waals surface area contributed by atoms with Crippen LogP contribution in [0.1, 0.15) is 30.8 Å². The third-order valence-electron chi connectivity index (χ3n) is 2.00. The Bertz CT molecular complexity index is 349. The van der Waals surface area contributed by atoms with Crippen molar-refractivity contribution in [2.45, 2.75) is 20.3 Å². The van der Waals surface area contributed by atoms with Crippen LogP contribution in [0.5, 0.6) is 0 Å². The predicted molar refractivity (Wildman–Crippen MR) is 66.3 cm³/mol. The second kappa shape index (κ2) is 7.35. The molecule has 0 aliphatic carbocycles. The first-order valence-corrected chi connectivity index (χ1v) is 6.08. The van der Waals surface area contributed by atoms with E-state index in [9.17, 15) is 4.79 Å². The van der Waals surface area contributed by atoms with Crippen molar-refractivity contribution in [3.05, 3.63) is 23.1 Å². The summed E-state index contributed by atoms with van der Waals surface area (Å²) in [6, 6.07) is 3.09. The first-order chi connectivity index (χ1) is 8.09. The zero-order valence-electron chi connectivity index (χ0n) is 10.2. The molecule has 0 saturated heterocycles. The van der Waals surface area contributed by atoms with Crippen LogP contribution in [0.3, 0.4) is 0 Å². The van der Waals surface area contributed by atoms with E-state index in [1.54, 1.807) is 12.1 Å². The fourth-order valence-electron chi connectivity index (χ4n) is 1.22. The number of ether oxygens (including phenoxy) is 1. The molecule has 1 aromatic rings. The van der Waals surface area contributed by atoms with E-state index in [2.05, 4.69) is 19.2 Å². The number of furan rings is 1. The molecular weight excluding hydrogens is 242 g/mol. The van der Waals surface area contributed by atoms with E-state index in [4.69, 9.17) is 20.8 Å². The van der Waals surface area contributed by atoms with Gasteiger partial charge in [0.05, 0.1) is 0 Å². The first-order valence-electron chi connectivity index (χ1n) is 5.71. The third kappa shape index (κ3) is 5.75. The molecule has 0 bridgehead atoms. The van der Waals surface area contributed by atoms with Crippen LogP contribution in [-0.4, -0.2) is 25.7 Å². The smallest absolute Gasteiger partial charge is 0.287 e. The molecule has 0 spiro atoms. The molecule has 1 aromatic heterocycles. The highest BCUT2D eigenvalue weighted by atomic mass is 35.5. The van der Waals surface area contributed by atoms with E-state index in [1.807, 2.05) is 0 Å². The summed E-state index contributed by atoms with van der Waals surface area (Å²) < 4.78 is 10.4. The fourth-order valence-corrected chi connectivity index (χ4v) is 1.36. The van der Waals surface area contributed by atoms with Gasteiger partial charge in [0.2, 0.25) is 0 Å². The molecule has 96 valence electrons. The zero-order chi connectivity index (χ0) is 12.7. The standard InChI is InChI=1S/C12H18ClNO3/c1-9(2)8-16-7-3-6-14-12(15)10-4-5-11(13)17-10/h4-5,9H,3,6-8H2,1-2H3,(H,14,15). The topological polar surface area (TPSA) is 51.5 Å². The highest BCUT2D eigenvalue weighted by molar-refractivity contribution is 6.29.